The fourth-order valence-corrected chi connectivity index (χ4v) is 4.75. The van der Waals surface area contributed by atoms with Crippen LogP contribution in [0.4, 0.5) is 4.79 Å². The molecule has 6 N–H and O–H groups in total. The second-order valence-corrected chi connectivity index (χ2v) is 13.4. The lowest BCUT2D eigenvalue weighted by Crippen LogP contribution is -2.52. The number of rotatable bonds is 16. The smallest absolute Gasteiger partial charge is 0.408 e. The highest BCUT2D eigenvalue weighted by molar-refractivity contribution is 5.88. The van der Waals surface area contributed by atoms with Gasteiger partial charge >= 0.3 is 6.09 Å². The van der Waals surface area contributed by atoms with Crippen LogP contribution in [-0.4, -0.2) is 53.4 Å². The molecule has 10 nitrogen and oxygen atoms in total. The van der Waals surface area contributed by atoms with Crippen molar-refractivity contribution < 1.29 is 29.0 Å². The molecule has 0 fully saturated rings. The van der Waals surface area contributed by atoms with Gasteiger partial charge in [-0.1, -0.05) is 82.3 Å². The second kappa shape index (κ2) is 17.9. The standard InChI is InChI=1S/C35H54N4O6/c1-22(2)28(32(41)39-31(23(3)4)33(42)37-19-25-13-10-9-11-14-25)18-30(40)29(36)21-44-20-26-15-12-16-27(17-26)24(5)38-34(43)45-35(6,7)8/h9-17,22-24,28-31,40H,18-21,36H2,1-8H3,(H,37,42)(H,38,43)(H,39,41)/t24?,28-,29?,30?,31?/m0/s1. The van der Waals surface area contributed by atoms with Crippen LogP contribution in [0.3, 0.4) is 0 Å². The number of aliphatic hydroxyl groups is 1. The van der Waals surface area contributed by atoms with Crippen LogP contribution in [-0.2, 0) is 32.2 Å². The van der Waals surface area contributed by atoms with E-state index in [1.807, 2.05) is 110 Å². The lowest BCUT2D eigenvalue weighted by atomic mass is 9.87. The molecular weight excluding hydrogens is 572 g/mol. The van der Waals surface area contributed by atoms with E-state index in [1.165, 1.54) is 0 Å². The summed E-state index contributed by atoms with van der Waals surface area (Å²) in [4.78, 5) is 38.5. The Hall–Kier alpha value is -3.47. The van der Waals surface area contributed by atoms with Gasteiger partial charge in [0, 0.05) is 12.5 Å². The first kappa shape index (κ1) is 37.7. The summed E-state index contributed by atoms with van der Waals surface area (Å²) >= 11 is 0. The van der Waals surface area contributed by atoms with Crippen molar-refractivity contribution >= 4 is 17.9 Å². The molecule has 3 amide bonds. The van der Waals surface area contributed by atoms with Gasteiger partial charge in [0.1, 0.15) is 11.6 Å². The predicted octanol–water partition coefficient (Wildman–Crippen LogP) is 4.60. The SMILES string of the molecule is CC(NC(=O)OC(C)(C)C)c1cccc(COCC(N)C(O)C[C@H](C(=O)NC(C(=O)NCc2ccccc2)C(C)C)C(C)C)c1. The molecule has 2 rings (SSSR count). The summed E-state index contributed by atoms with van der Waals surface area (Å²) in [6, 6.07) is 15.5. The number of benzene rings is 2. The van der Waals surface area contributed by atoms with E-state index >= 15 is 0 Å². The monoisotopic (exact) mass is 626 g/mol. The van der Waals surface area contributed by atoms with Crippen molar-refractivity contribution in [1.82, 2.24) is 16.0 Å². The number of ether oxygens (including phenoxy) is 2. The van der Waals surface area contributed by atoms with Crippen molar-refractivity contribution in [3.63, 3.8) is 0 Å². The minimum atomic E-state index is -0.989. The first-order chi connectivity index (χ1) is 21.1. The number of alkyl carbamates (subject to hydrolysis) is 1. The molecule has 250 valence electrons. The van der Waals surface area contributed by atoms with Crippen LogP contribution in [0, 0.1) is 17.8 Å². The highest BCUT2D eigenvalue weighted by Gasteiger charge is 2.32. The van der Waals surface area contributed by atoms with Crippen molar-refractivity contribution in [2.24, 2.45) is 23.5 Å². The van der Waals surface area contributed by atoms with E-state index < -0.39 is 35.8 Å². The average Bonchev–Trinajstić information content (AvgIpc) is 2.96. The Kier molecular flexibility index (Phi) is 15.0. The molecule has 2 aromatic carbocycles. The summed E-state index contributed by atoms with van der Waals surface area (Å²) in [7, 11) is 0. The fourth-order valence-electron chi connectivity index (χ4n) is 4.75. The van der Waals surface area contributed by atoms with Gasteiger partial charge in [-0.2, -0.15) is 0 Å². The maximum atomic E-state index is 13.3. The summed E-state index contributed by atoms with van der Waals surface area (Å²) in [6.45, 7) is 15.6. The van der Waals surface area contributed by atoms with Gasteiger partial charge in [-0.3, -0.25) is 9.59 Å². The molecule has 0 heterocycles. The highest BCUT2D eigenvalue weighted by Crippen LogP contribution is 2.21. The zero-order valence-corrected chi connectivity index (χ0v) is 28.1. The minimum absolute atomic E-state index is 0.0834. The quantitative estimate of drug-likeness (QED) is 0.183. The van der Waals surface area contributed by atoms with Crippen molar-refractivity contribution in [3.8, 4) is 0 Å². The molecule has 4 unspecified atom stereocenters. The zero-order valence-electron chi connectivity index (χ0n) is 28.1. The zero-order chi connectivity index (χ0) is 33.7. The van der Waals surface area contributed by atoms with Crippen LogP contribution in [0.5, 0.6) is 0 Å². The van der Waals surface area contributed by atoms with Gasteiger partial charge in [0.25, 0.3) is 0 Å². The maximum Gasteiger partial charge on any atom is 0.408 e. The summed E-state index contributed by atoms with van der Waals surface area (Å²) in [6.07, 6.45) is -1.35. The van der Waals surface area contributed by atoms with Gasteiger partial charge in [-0.25, -0.2) is 4.79 Å². The molecule has 0 aromatic heterocycles. The topological polar surface area (TPSA) is 152 Å². The van der Waals surface area contributed by atoms with Gasteiger partial charge in [0.2, 0.25) is 11.8 Å². The molecule has 0 bridgehead atoms. The number of carbonyl (C=O) groups is 3. The normalized spacial score (nSPS) is 15.1. The van der Waals surface area contributed by atoms with Crippen molar-refractivity contribution in [2.75, 3.05) is 6.61 Å². The number of carbonyl (C=O) groups excluding carboxylic acids is 3. The van der Waals surface area contributed by atoms with Gasteiger partial charge in [-0.15, -0.1) is 0 Å². The predicted molar refractivity (Wildman–Crippen MR) is 176 cm³/mol. The van der Waals surface area contributed by atoms with Crippen LogP contribution in [0.1, 0.15) is 84.5 Å². The van der Waals surface area contributed by atoms with E-state index in [0.29, 0.717) is 6.54 Å². The number of aliphatic hydroxyl groups excluding tert-OH is 1. The van der Waals surface area contributed by atoms with Crippen LogP contribution in [0.15, 0.2) is 54.6 Å². The van der Waals surface area contributed by atoms with E-state index in [-0.39, 0.29) is 49.3 Å². The number of hydrogen-bond acceptors (Lipinski definition) is 7. The third kappa shape index (κ3) is 13.6. The molecule has 0 saturated carbocycles. The molecule has 0 saturated heterocycles. The lowest BCUT2D eigenvalue weighted by molar-refractivity contribution is -0.134. The molecule has 0 aliphatic heterocycles. The van der Waals surface area contributed by atoms with Crippen molar-refractivity contribution in [1.29, 1.82) is 0 Å². The van der Waals surface area contributed by atoms with Crippen LogP contribution >= 0.6 is 0 Å². The number of hydrogen-bond donors (Lipinski definition) is 5. The third-order valence-corrected chi connectivity index (χ3v) is 7.45. The summed E-state index contributed by atoms with van der Waals surface area (Å²) in [5.41, 5.74) is 8.44. The largest absolute Gasteiger partial charge is 0.444 e. The summed E-state index contributed by atoms with van der Waals surface area (Å²) in [5.74, 6) is -1.32. The number of nitrogens with one attached hydrogen (secondary N) is 3. The maximum absolute atomic E-state index is 13.3. The Bertz CT molecular complexity index is 1210. The molecule has 0 aliphatic carbocycles. The van der Waals surface area contributed by atoms with E-state index in [9.17, 15) is 19.5 Å². The summed E-state index contributed by atoms with van der Waals surface area (Å²) < 4.78 is 11.2. The van der Waals surface area contributed by atoms with E-state index in [2.05, 4.69) is 16.0 Å². The van der Waals surface area contributed by atoms with E-state index in [1.54, 1.807) is 0 Å². The third-order valence-electron chi connectivity index (χ3n) is 7.45. The first-order valence-corrected chi connectivity index (χ1v) is 15.8. The highest BCUT2D eigenvalue weighted by atomic mass is 16.6. The summed E-state index contributed by atoms with van der Waals surface area (Å²) in [5, 5.41) is 19.6. The minimum Gasteiger partial charge on any atom is -0.444 e. The van der Waals surface area contributed by atoms with Gasteiger partial charge < -0.3 is 36.3 Å². The van der Waals surface area contributed by atoms with Gasteiger partial charge in [0.05, 0.1) is 31.4 Å². The molecule has 0 radical (unpaired) electrons. The van der Waals surface area contributed by atoms with E-state index in [0.717, 1.165) is 16.7 Å². The first-order valence-electron chi connectivity index (χ1n) is 15.8. The van der Waals surface area contributed by atoms with Crippen molar-refractivity contribution in [2.45, 2.75) is 105 Å². The van der Waals surface area contributed by atoms with E-state index in [4.69, 9.17) is 15.2 Å². The molecular formula is C35H54N4O6. The van der Waals surface area contributed by atoms with Gasteiger partial charge in [0.15, 0.2) is 0 Å². The number of amides is 3. The average molecular weight is 627 g/mol. The van der Waals surface area contributed by atoms with Crippen LogP contribution in [0.25, 0.3) is 0 Å². The molecule has 10 heteroatoms. The second-order valence-electron chi connectivity index (χ2n) is 13.4. The van der Waals surface area contributed by atoms with Crippen LogP contribution in [0.2, 0.25) is 0 Å². The van der Waals surface area contributed by atoms with Crippen molar-refractivity contribution in [3.05, 3.63) is 71.3 Å². The van der Waals surface area contributed by atoms with Gasteiger partial charge in [-0.05, 0) is 62.6 Å². The molecule has 0 aliphatic rings. The Labute approximate surface area is 268 Å². The lowest BCUT2D eigenvalue weighted by Gasteiger charge is -2.29. The fraction of sp³-hybridized carbons (Fsp3) is 0.571. The Balaban J connectivity index is 1.90. The van der Waals surface area contributed by atoms with Crippen LogP contribution < -0.4 is 21.7 Å². The number of nitrogens with two attached hydrogens (primary N) is 1. The Morgan fingerprint density at radius 3 is 2.11 bits per heavy atom. The Morgan fingerprint density at radius 2 is 1.51 bits per heavy atom. The Morgan fingerprint density at radius 1 is 0.867 bits per heavy atom. The molecule has 5 atom stereocenters. The molecule has 45 heavy (non-hydrogen) atoms. The molecule has 2 aromatic rings. The molecule has 0 spiro atoms.